The number of nitrogens with two attached hydrogens (primary N) is 2. The molecule has 0 saturated carbocycles. The molecule has 0 fully saturated rings. The lowest BCUT2D eigenvalue weighted by Gasteiger charge is -2.18. The van der Waals surface area contributed by atoms with Crippen molar-refractivity contribution in [1.82, 2.24) is 0 Å². The predicted octanol–water partition coefficient (Wildman–Crippen LogP) is 5.10. The van der Waals surface area contributed by atoms with Gasteiger partial charge >= 0.3 is 0 Å². The second kappa shape index (κ2) is 12.7. The number of benzene rings is 2. The highest BCUT2D eigenvalue weighted by Gasteiger charge is 2.10. The van der Waals surface area contributed by atoms with Gasteiger partial charge in [-0.2, -0.15) is 0 Å². The van der Waals surface area contributed by atoms with Gasteiger partial charge in [0.05, 0.1) is 0 Å². The van der Waals surface area contributed by atoms with Crippen LogP contribution in [0.25, 0.3) is 0 Å². The highest BCUT2D eigenvalue weighted by molar-refractivity contribution is 5.15. The van der Waals surface area contributed by atoms with Gasteiger partial charge in [-0.15, -0.1) is 0 Å². The van der Waals surface area contributed by atoms with E-state index in [4.69, 9.17) is 11.5 Å². The van der Waals surface area contributed by atoms with Gasteiger partial charge in [0.25, 0.3) is 0 Å². The highest BCUT2D eigenvalue weighted by atomic mass is 14.6. The summed E-state index contributed by atoms with van der Waals surface area (Å²) in [6, 6.07) is 22.1. The summed E-state index contributed by atoms with van der Waals surface area (Å²) in [6.07, 6.45) is 10.8. The Morgan fingerprint density at radius 1 is 0.615 bits per heavy atom. The van der Waals surface area contributed by atoms with Gasteiger partial charge in [0.2, 0.25) is 0 Å². The summed E-state index contributed by atoms with van der Waals surface area (Å²) in [5.74, 6) is 0.793. The molecule has 2 nitrogen and oxygen atoms in total. The fourth-order valence-corrected chi connectivity index (χ4v) is 3.66. The van der Waals surface area contributed by atoms with Gasteiger partial charge in [0.1, 0.15) is 0 Å². The molecular formula is C24H36N2. The van der Waals surface area contributed by atoms with E-state index in [9.17, 15) is 0 Å². The van der Waals surface area contributed by atoms with E-state index in [1.54, 1.807) is 0 Å². The van der Waals surface area contributed by atoms with Crippen molar-refractivity contribution < 1.29 is 0 Å². The van der Waals surface area contributed by atoms with E-state index in [-0.39, 0.29) is 6.04 Å². The van der Waals surface area contributed by atoms with Gasteiger partial charge in [0, 0.05) is 6.04 Å². The van der Waals surface area contributed by atoms with Crippen molar-refractivity contribution in [3.05, 3.63) is 71.8 Å². The van der Waals surface area contributed by atoms with Crippen LogP contribution in [0.5, 0.6) is 0 Å². The first-order valence-electron chi connectivity index (χ1n) is 10.3. The van der Waals surface area contributed by atoms with E-state index < -0.39 is 0 Å². The molecule has 0 amide bonds. The molecule has 0 bridgehead atoms. The summed E-state index contributed by atoms with van der Waals surface area (Å²) in [4.78, 5) is 0. The summed E-state index contributed by atoms with van der Waals surface area (Å²) < 4.78 is 0. The third-order valence-corrected chi connectivity index (χ3v) is 5.34. The molecule has 1 atom stereocenters. The van der Waals surface area contributed by atoms with Crippen molar-refractivity contribution in [2.24, 2.45) is 17.4 Å². The zero-order valence-corrected chi connectivity index (χ0v) is 16.2. The minimum Gasteiger partial charge on any atom is -0.330 e. The van der Waals surface area contributed by atoms with Crippen LogP contribution in [0.3, 0.4) is 0 Å². The first-order chi connectivity index (χ1) is 12.8. The summed E-state index contributed by atoms with van der Waals surface area (Å²) >= 11 is 0. The van der Waals surface area contributed by atoms with Gasteiger partial charge in [-0.05, 0) is 62.1 Å². The van der Waals surface area contributed by atoms with Crippen LogP contribution < -0.4 is 11.5 Å². The Morgan fingerprint density at radius 2 is 1.12 bits per heavy atom. The lowest BCUT2D eigenvalue weighted by molar-refractivity contribution is 0.394. The minimum atomic E-state index is 0.284. The molecule has 2 heteroatoms. The van der Waals surface area contributed by atoms with Gasteiger partial charge in [-0.25, -0.2) is 0 Å². The predicted molar refractivity (Wildman–Crippen MR) is 113 cm³/mol. The largest absolute Gasteiger partial charge is 0.330 e. The highest BCUT2D eigenvalue weighted by Crippen LogP contribution is 2.22. The Hall–Kier alpha value is -1.64. The van der Waals surface area contributed by atoms with E-state index in [2.05, 4.69) is 60.7 Å². The lowest BCUT2D eigenvalue weighted by atomic mass is 9.88. The van der Waals surface area contributed by atoms with Crippen LogP contribution in [0.1, 0.15) is 56.1 Å². The Kier molecular flexibility index (Phi) is 10.1. The second-order valence-corrected chi connectivity index (χ2v) is 7.54. The molecule has 2 aromatic rings. The van der Waals surface area contributed by atoms with Gasteiger partial charge in [0.15, 0.2) is 0 Å². The van der Waals surface area contributed by atoms with Crippen molar-refractivity contribution in [3.8, 4) is 0 Å². The maximum atomic E-state index is 6.09. The molecule has 0 spiro atoms. The number of unbranched alkanes of at least 4 members (excludes halogenated alkanes) is 1. The molecule has 0 aliphatic rings. The monoisotopic (exact) mass is 352 g/mol. The van der Waals surface area contributed by atoms with E-state index in [1.165, 1.54) is 56.1 Å². The zero-order chi connectivity index (χ0) is 18.5. The van der Waals surface area contributed by atoms with Crippen LogP contribution in [0.4, 0.5) is 0 Å². The zero-order valence-electron chi connectivity index (χ0n) is 16.2. The van der Waals surface area contributed by atoms with Crippen LogP contribution in [0.15, 0.2) is 60.7 Å². The second-order valence-electron chi connectivity index (χ2n) is 7.54. The van der Waals surface area contributed by atoms with E-state index in [1.807, 2.05) is 0 Å². The molecule has 0 saturated heterocycles. The first kappa shape index (κ1) is 20.7. The maximum Gasteiger partial charge on any atom is 0.00508 e. The quantitative estimate of drug-likeness (QED) is 0.492. The minimum absolute atomic E-state index is 0.284. The topological polar surface area (TPSA) is 52.0 Å². The molecule has 0 aliphatic heterocycles. The summed E-state index contributed by atoms with van der Waals surface area (Å²) in [7, 11) is 0. The summed E-state index contributed by atoms with van der Waals surface area (Å²) in [5.41, 5.74) is 14.6. The van der Waals surface area contributed by atoms with Crippen molar-refractivity contribution >= 4 is 0 Å². The third kappa shape index (κ3) is 8.64. The molecule has 26 heavy (non-hydrogen) atoms. The van der Waals surface area contributed by atoms with Crippen molar-refractivity contribution in [1.29, 1.82) is 0 Å². The Morgan fingerprint density at radius 3 is 1.62 bits per heavy atom. The Balaban J connectivity index is 1.77. The number of hydrogen-bond acceptors (Lipinski definition) is 2. The van der Waals surface area contributed by atoms with Crippen LogP contribution >= 0.6 is 0 Å². The number of rotatable bonds is 13. The standard InChI is InChI=1S/C24H36N2/c25-20-19-24(26)14-8-7-13-23(17-15-21-9-3-1-4-10-21)18-16-22-11-5-2-6-12-22/h1-6,9-12,23-24H,7-8,13-20,25-26H2/t24-/m1/s1. The van der Waals surface area contributed by atoms with Gasteiger partial charge in [-0.3, -0.25) is 0 Å². The molecule has 0 radical (unpaired) electrons. The Bertz CT molecular complexity index is 524. The first-order valence-corrected chi connectivity index (χ1v) is 10.3. The van der Waals surface area contributed by atoms with Crippen molar-refractivity contribution in [2.45, 2.75) is 63.8 Å². The molecule has 2 aromatic carbocycles. The van der Waals surface area contributed by atoms with Crippen LogP contribution in [0, 0.1) is 5.92 Å². The summed E-state index contributed by atoms with van der Waals surface area (Å²) in [6.45, 7) is 0.706. The lowest BCUT2D eigenvalue weighted by Crippen LogP contribution is -2.23. The van der Waals surface area contributed by atoms with Crippen LogP contribution in [0.2, 0.25) is 0 Å². The molecule has 142 valence electrons. The molecule has 4 N–H and O–H groups in total. The number of aryl methyl sites for hydroxylation is 2. The molecule has 0 aliphatic carbocycles. The van der Waals surface area contributed by atoms with E-state index in [0.717, 1.165) is 18.8 Å². The van der Waals surface area contributed by atoms with Crippen molar-refractivity contribution in [2.75, 3.05) is 6.54 Å². The van der Waals surface area contributed by atoms with Crippen LogP contribution in [-0.2, 0) is 12.8 Å². The molecule has 0 aromatic heterocycles. The van der Waals surface area contributed by atoms with E-state index in [0.29, 0.717) is 6.54 Å². The SMILES string of the molecule is NCC[C@H](N)CCCCC(CCc1ccccc1)CCc1ccccc1. The molecule has 2 rings (SSSR count). The van der Waals surface area contributed by atoms with Gasteiger partial charge < -0.3 is 11.5 Å². The fraction of sp³-hybridized carbons (Fsp3) is 0.500. The fourth-order valence-electron chi connectivity index (χ4n) is 3.66. The third-order valence-electron chi connectivity index (χ3n) is 5.34. The maximum absolute atomic E-state index is 6.09. The summed E-state index contributed by atoms with van der Waals surface area (Å²) in [5, 5.41) is 0. The number of hydrogen-bond donors (Lipinski definition) is 2. The van der Waals surface area contributed by atoms with Crippen molar-refractivity contribution in [3.63, 3.8) is 0 Å². The molecular weight excluding hydrogens is 316 g/mol. The average molecular weight is 353 g/mol. The van der Waals surface area contributed by atoms with E-state index >= 15 is 0 Å². The Labute approximate surface area is 160 Å². The normalized spacial score (nSPS) is 12.4. The van der Waals surface area contributed by atoms with Gasteiger partial charge in [-0.1, -0.05) is 79.9 Å². The molecule has 0 heterocycles. The smallest absolute Gasteiger partial charge is 0.00508 e. The molecule has 0 unspecified atom stereocenters. The van der Waals surface area contributed by atoms with Crippen LogP contribution in [-0.4, -0.2) is 12.6 Å². The average Bonchev–Trinajstić information content (AvgIpc) is 2.68.